The van der Waals surface area contributed by atoms with Gasteiger partial charge in [-0.25, -0.2) is 0 Å². The summed E-state index contributed by atoms with van der Waals surface area (Å²) < 4.78 is 4.92. The van der Waals surface area contributed by atoms with Gasteiger partial charge in [0, 0.05) is 12.2 Å². The van der Waals surface area contributed by atoms with Gasteiger partial charge in [-0.2, -0.15) is 0 Å². The zero-order chi connectivity index (χ0) is 14.4. The number of benzene rings is 1. The van der Waals surface area contributed by atoms with Gasteiger partial charge in [-0.15, -0.1) is 0 Å². The second-order valence-electron chi connectivity index (χ2n) is 4.46. The van der Waals surface area contributed by atoms with Crippen molar-refractivity contribution in [2.24, 2.45) is 0 Å². The van der Waals surface area contributed by atoms with Crippen molar-refractivity contribution in [3.63, 3.8) is 0 Å². The fourth-order valence-corrected chi connectivity index (χ4v) is 1.75. The monoisotopic (exact) mass is 272 g/mol. The van der Waals surface area contributed by atoms with Crippen LogP contribution >= 0.6 is 0 Å². The number of hydrogen-bond donors (Lipinski definition) is 2. The molecule has 2 N–H and O–H groups in total. The summed E-state index contributed by atoms with van der Waals surface area (Å²) in [5.74, 6) is -1.31. The third-order valence-electron chi connectivity index (χ3n) is 2.76. The Kier molecular flexibility index (Phi) is 4.55. The Hall–Kier alpha value is -2.56. The molecule has 5 nitrogen and oxygen atoms in total. The van der Waals surface area contributed by atoms with Gasteiger partial charge in [-0.1, -0.05) is 12.1 Å². The van der Waals surface area contributed by atoms with Gasteiger partial charge >= 0.3 is 11.8 Å². The smallest absolute Gasteiger partial charge is 0.313 e. The minimum Gasteiger partial charge on any atom is -0.472 e. The van der Waals surface area contributed by atoms with Crippen LogP contribution in [0, 0.1) is 6.92 Å². The number of rotatable bonds is 4. The molecule has 20 heavy (non-hydrogen) atoms. The van der Waals surface area contributed by atoms with E-state index in [1.807, 2.05) is 25.1 Å². The molecule has 0 bridgehead atoms. The summed E-state index contributed by atoms with van der Waals surface area (Å²) in [4.78, 5) is 23.3. The molecule has 0 radical (unpaired) electrons. The number of amides is 2. The SMILES string of the molecule is Cc1cccc(NC(=O)C(=O)NCCc2ccoc2)c1. The van der Waals surface area contributed by atoms with Crippen LogP contribution in [0.1, 0.15) is 11.1 Å². The van der Waals surface area contributed by atoms with Crippen molar-refractivity contribution in [3.8, 4) is 0 Å². The number of furan rings is 1. The standard InChI is InChI=1S/C15H16N2O3/c1-11-3-2-4-13(9-11)17-15(19)14(18)16-7-5-12-6-8-20-10-12/h2-4,6,8-10H,5,7H2,1H3,(H,16,18)(H,17,19). The molecule has 1 aromatic heterocycles. The van der Waals surface area contributed by atoms with E-state index in [1.54, 1.807) is 24.7 Å². The zero-order valence-electron chi connectivity index (χ0n) is 11.2. The number of aryl methyl sites for hydroxylation is 1. The third-order valence-corrected chi connectivity index (χ3v) is 2.76. The Morgan fingerprint density at radius 3 is 2.75 bits per heavy atom. The second-order valence-corrected chi connectivity index (χ2v) is 4.46. The van der Waals surface area contributed by atoms with Gasteiger partial charge in [-0.05, 0) is 42.7 Å². The number of carbonyl (C=O) groups is 2. The van der Waals surface area contributed by atoms with Crippen LogP contribution in [0.2, 0.25) is 0 Å². The van der Waals surface area contributed by atoms with Gasteiger partial charge in [0.15, 0.2) is 0 Å². The van der Waals surface area contributed by atoms with E-state index in [1.165, 1.54) is 0 Å². The molecule has 0 fully saturated rings. The van der Waals surface area contributed by atoms with Crippen LogP contribution in [0.25, 0.3) is 0 Å². The lowest BCUT2D eigenvalue weighted by molar-refractivity contribution is -0.136. The molecule has 0 spiro atoms. The van der Waals surface area contributed by atoms with Crippen molar-refractivity contribution in [1.82, 2.24) is 5.32 Å². The highest BCUT2D eigenvalue weighted by atomic mass is 16.3. The molecule has 0 atom stereocenters. The third kappa shape index (κ3) is 3.98. The van der Waals surface area contributed by atoms with Crippen LogP contribution in [0.15, 0.2) is 47.3 Å². The Balaban J connectivity index is 1.78. The lowest BCUT2D eigenvalue weighted by Crippen LogP contribution is -2.36. The lowest BCUT2D eigenvalue weighted by Gasteiger charge is -2.06. The van der Waals surface area contributed by atoms with Gasteiger partial charge in [0.1, 0.15) is 0 Å². The molecule has 0 unspecified atom stereocenters. The quantitative estimate of drug-likeness (QED) is 0.835. The van der Waals surface area contributed by atoms with E-state index in [9.17, 15) is 9.59 Å². The van der Waals surface area contributed by atoms with Crippen LogP contribution in [-0.2, 0) is 16.0 Å². The van der Waals surface area contributed by atoms with Crippen molar-refractivity contribution in [2.45, 2.75) is 13.3 Å². The van der Waals surface area contributed by atoms with Gasteiger partial charge in [0.2, 0.25) is 0 Å². The Morgan fingerprint density at radius 2 is 2.05 bits per heavy atom. The zero-order valence-corrected chi connectivity index (χ0v) is 11.2. The topological polar surface area (TPSA) is 71.3 Å². The number of carbonyl (C=O) groups excluding carboxylic acids is 2. The molecular formula is C15H16N2O3. The molecule has 0 aliphatic carbocycles. The molecule has 2 aromatic rings. The van der Waals surface area contributed by atoms with E-state index < -0.39 is 11.8 Å². The first-order valence-electron chi connectivity index (χ1n) is 6.32. The van der Waals surface area contributed by atoms with Gasteiger partial charge < -0.3 is 15.1 Å². The van der Waals surface area contributed by atoms with Crippen LogP contribution in [0.3, 0.4) is 0 Å². The minimum absolute atomic E-state index is 0.388. The minimum atomic E-state index is -0.664. The predicted octanol–water partition coefficient (Wildman–Crippen LogP) is 1.89. The lowest BCUT2D eigenvalue weighted by atomic mass is 10.2. The van der Waals surface area contributed by atoms with Crippen molar-refractivity contribution in [1.29, 1.82) is 0 Å². The van der Waals surface area contributed by atoms with Crippen LogP contribution in [-0.4, -0.2) is 18.4 Å². The molecule has 1 aromatic carbocycles. The average Bonchev–Trinajstić information content (AvgIpc) is 2.91. The first-order valence-corrected chi connectivity index (χ1v) is 6.32. The molecule has 0 saturated carbocycles. The van der Waals surface area contributed by atoms with E-state index in [0.29, 0.717) is 18.7 Å². The largest absolute Gasteiger partial charge is 0.472 e. The van der Waals surface area contributed by atoms with Crippen LogP contribution in [0.5, 0.6) is 0 Å². The predicted molar refractivity (Wildman–Crippen MR) is 75.2 cm³/mol. The highest BCUT2D eigenvalue weighted by Gasteiger charge is 2.12. The molecule has 2 amide bonds. The Bertz CT molecular complexity index is 591. The Morgan fingerprint density at radius 1 is 1.20 bits per heavy atom. The summed E-state index contributed by atoms with van der Waals surface area (Å²) in [5, 5.41) is 5.12. The van der Waals surface area contributed by atoms with Gasteiger partial charge in [-0.3, -0.25) is 9.59 Å². The summed E-state index contributed by atoms with van der Waals surface area (Å²) in [6.07, 6.45) is 3.81. The van der Waals surface area contributed by atoms with E-state index in [4.69, 9.17) is 4.42 Å². The summed E-state index contributed by atoms with van der Waals surface area (Å²) in [7, 11) is 0. The van der Waals surface area contributed by atoms with Crippen LogP contribution in [0.4, 0.5) is 5.69 Å². The number of nitrogens with one attached hydrogen (secondary N) is 2. The molecule has 5 heteroatoms. The van der Waals surface area contributed by atoms with E-state index >= 15 is 0 Å². The molecule has 1 heterocycles. The fraction of sp³-hybridized carbons (Fsp3) is 0.200. The molecule has 104 valence electrons. The fourth-order valence-electron chi connectivity index (χ4n) is 1.75. The second kappa shape index (κ2) is 6.56. The van der Waals surface area contributed by atoms with Crippen molar-refractivity contribution >= 4 is 17.5 Å². The highest BCUT2D eigenvalue weighted by molar-refractivity contribution is 6.39. The number of anilines is 1. The summed E-state index contributed by atoms with van der Waals surface area (Å²) in [6.45, 7) is 2.31. The maximum atomic E-state index is 11.7. The van der Waals surface area contributed by atoms with E-state index in [0.717, 1.165) is 11.1 Å². The molecule has 0 saturated heterocycles. The first-order chi connectivity index (χ1) is 9.65. The first kappa shape index (κ1) is 13.9. The number of hydrogen-bond acceptors (Lipinski definition) is 3. The maximum Gasteiger partial charge on any atom is 0.313 e. The summed E-state index contributed by atoms with van der Waals surface area (Å²) in [5.41, 5.74) is 2.60. The Labute approximate surface area is 117 Å². The van der Waals surface area contributed by atoms with Crippen molar-refractivity contribution in [3.05, 3.63) is 54.0 Å². The highest BCUT2D eigenvalue weighted by Crippen LogP contribution is 2.09. The van der Waals surface area contributed by atoms with E-state index in [2.05, 4.69) is 10.6 Å². The van der Waals surface area contributed by atoms with Crippen molar-refractivity contribution < 1.29 is 14.0 Å². The van der Waals surface area contributed by atoms with Crippen LogP contribution < -0.4 is 10.6 Å². The summed E-state index contributed by atoms with van der Waals surface area (Å²) >= 11 is 0. The van der Waals surface area contributed by atoms with Gasteiger partial charge in [0.05, 0.1) is 12.5 Å². The van der Waals surface area contributed by atoms with E-state index in [-0.39, 0.29) is 0 Å². The maximum absolute atomic E-state index is 11.7. The molecule has 2 rings (SSSR count). The molecule has 0 aliphatic rings. The van der Waals surface area contributed by atoms with Crippen molar-refractivity contribution in [2.75, 3.05) is 11.9 Å². The normalized spacial score (nSPS) is 10.1. The average molecular weight is 272 g/mol. The van der Waals surface area contributed by atoms with Gasteiger partial charge in [0.25, 0.3) is 0 Å². The molecule has 0 aliphatic heterocycles. The summed E-state index contributed by atoms with van der Waals surface area (Å²) in [6, 6.07) is 9.10. The molecular weight excluding hydrogens is 256 g/mol.